The van der Waals surface area contributed by atoms with Gasteiger partial charge in [-0.05, 0) is 0 Å². The molecule has 0 aromatic rings. The molecule has 6 nitrogen and oxygen atoms in total. The number of hydrogen-bond donors (Lipinski definition) is 0. The van der Waals surface area contributed by atoms with Crippen LogP contribution in [-0.2, 0) is 0 Å². The van der Waals surface area contributed by atoms with Crippen LogP contribution >= 0.6 is 0 Å². The largest absolute Gasteiger partial charge is 0.277 e. The molecule has 0 spiro atoms. The first-order chi connectivity index (χ1) is 5.75. The minimum atomic E-state index is 0.792. The van der Waals surface area contributed by atoms with Gasteiger partial charge in [0, 0.05) is 14.1 Å². The third-order valence-electron chi connectivity index (χ3n) is 1.79. The summed E-state index contributed by atoms with van der Waals surface area (Å²) in [5.74, 6) is 0. The Balaban J connectivity index is 1.95. The number of hydrogen-bond acceptors (Lipinski definition) is 6. The molecule has 0 bridgehead atoms. The number of hydrazine groups is 1. The van der Waals surface area contributed by atoms with E-state index in [1.807, 2.05) is 34.1 Å². The standard InChI is InChI=1S/C6H12N6/c1-9-5-11(3-7-9)12-4-8-10(2)6-12/h3-4H,5-6H2,1-2H3. The van der Waals surface area contributed by atoms with Gasteiger partial charge in [0.1, 0.15) is 26.0 Å². The van der Waals surface area contributed by atoms with Gasteiger partial charge in [0.25, 0.3) is 0 Å². The van der Waals surface area contributed by atoms with Gasteiger partial charge >= 0.3 is 0 Å². The van der Waals surface area contributed by atoms with E-state index in [9.17, 15) is 0 Å². The summed E-state index contributed by atoms with van der Waals surface area (Å²) in [7, 11) is 3.88. The molecule has 0 atom stereocenters. The van der Waals surface area contributed by atoms with E-state index in [0.717, 1.165) is 13.3 Å². The van der Waals surface area contributed by atoms with Crippen LogP contribution in [0.3, 0.4) is 0 Å². The molecule has 2 aliphatic rings. The molecule has 0 unspecified atom stereocenters. The van der Waals surface area contributed by atoms with Crippen molar-refractivity contribution in [3.8, 4) is 0 Å². The van der Waals surface area contributed by atoms with Crippen molar-refractivity contribution in [3.05, 3.63) is 0 Å². The molecule has 0 aromatic carbocycles. The van der Waals surface area contributed by atoms with Gasteiger partial charge in [-0.25, -0.2) is 10.0 Å². The van der Waals surface area contributed by atoms with E-state index in [0.29, 0.717) is 0 Å². The highest BCUT2D eigenvalue weighted by molar-refractivity contribution is 5.63. The maximum atomic E-state index is 4.10. The zero-order chi connectivity index (χ0) is 8.55. The lowest BCUT2D eigenvalue weighted by atomic mass is 10.8. The lowest BCUT2D eigenvalue weighted by Gasteiger charge is -2.25. The lowest BCUT2D eigenvalue weighted by Crippen LogP contribution is -2.41. The number of nitrogens with zero attached hydrogens (tertiary/aromatic N) is 6. The molecular weight excluding hydrogens is 156 g/mol. The smallest absolute Gasteiger partial charge is 0.132 e. The molecular formula is C6H12N6. The fourth-order valence-electron chi connectivity index (χ4n) is 1.16. The van der Waals surface area contributed by atoms with Crippen LogP contribution in [0.4, 0.5) is 0 Å². The van der Waals surface area contributed by atoms with Crippen LogP contribution in [-0.4, -0.2) is 60.1 Å². The van der Waals surface area contributed by atoms with Crippen LogP contribution in [0.2, 0.25) is 0 Å². The molecule has 0 N–H and O–H groups in total. The van der Waals surface area contributed by atoms with Crippen LogP contribution in [0.5, 0.6) is 0 Å². The molecule has 0 radical (unpaired) electrons. The van der Waals surface area contributed by atoms with Gasteiger partial charge < -0.3 is 0 Å². The first-order valence-corrected chi connectivity index (χ1v) is 3.79. The van der Waals surface area contributed by atoms with Crippen molar-refractivity contribution < 1.29 is 0 Å². The third-order valence-corrected chi connectivity index (χ3v) is 1.79. The minimum absolute atomic E-state index is 0.792. The fourth-order valence-corrected chi connectivity index (χ4v) is 1.16. The molecule has 0 aromatic heterocycles. The van der Waals surface area contributed by atoms with Crippen LogP contribution in [0, 0.1) is 0 Å². The van der Waals surface area contributed by atoms with Crippen molar-refractivity contribution in [2.75, 3.05) is 27.4 Å². The summed E-state index contributed by atoms with van der Waals surface area (Å²) in [5.41, 5.74) is 0. The lowest BCUT2D eigenvalue weighted by molar-refractivity contribution is 0.0825. The average Bonchev–Trinajstić information content (AvgIpc) is 2.58. The molecule has 2 heterocycles. The summed E-state index contributed by atoms with van der Waals surface area (Å²) in [5, 5.41) is 15.9. The highest BCUT2D eigenvalue weighted by Crippen LogP contribution is 2.06. The summed E-state index contributed by atoms with van der Waals surface area (Å²) < 4.78 is 0. The summed E-state index contributed by atoms with van der Waals surface area (Å²) in [6.45, 7) is 1.58. The molecule has 12 heavy (non-hydrogen) atoms. The normalized spacial score (nSPS) is 21.8. The second-order valence-electron chi connectivity index (χ2n) is 2.94. The van der Waals surface area contributed by atoms with E-state index >= 15 is 0 Å². The topological polar surface area (TPSA) is 37.7 Å². The average molecular weight is 168 g/mol. The Morgan fingerprint density at radius 3 is 1.58 bits per heavy atom. The van der Waals surface area contributed by atoms with Gasteiger partial charge in [0.05, 0.1) is 0 Å². The molecule has 0 saturated carbocycles. The van der Waals surface area contributed by atoms with Crippen LogP contribution < -0.4 is 0 Å². The van der Waals surface area contributed by atoms with Crippen molar-refractivity contribution in [3.63, 3.8) is 0 Å². The van der Waals surface area contributed by atoms with Crippen molar-refractivity contribution in [2.24, 2.45) is 10.2 Å². The van der Waals surface area contributed by atoms with Gasteiger partial charge in [-0.15, -0.1) is 0 Å². The van der Waals surface area contributed by atoms with Crippen LogP contribution in [0.25, 0.3) is 0 Å². The summed E-state index contributed by atoms with van der Waals surface area (Å²) >= 11 is 0. The Kier molecular flexibility index (Phi) is 1.53. The fraction of sp³-hybridized carbons (Fsp3) is 0.667. The highest BCUT2D eigenvalue weighted by atomic mass is 15.8. The van der Waals surface area contributed by atoms with E-state index in [4.69, 9.17) is 0 Å². The molecule has 0 amide bonds. The van der Waals surface area contributed by atoms with Gasteiger partial charge in [-0.2, -0.15) is 10.2 Å². The maximum Gasteiger partial charge on any atom is 0.132 e. The molecule has 0 aliphatic carbocycles. The Bertz CT molecular complexity index is 200. The predicted octanol–water partition coefficient (Wildman–Crippen LogP) is -0.802. The summed E-state index contributed by atoms with van der Waals surface area (Å²) in [4.78, 5) is 0. The quantitative estimate of drug-likeness (QED) is 0.513. The molecule has 2 rings (SSSR count). The molecule has 6 heteroatoms. The van der Waals surface area contributed by atoms with E-state index in [-0.39, 0.29) is 0 Å². The van der Waals surface area contributed by atoms with E-state index in [2.05, 4.69) is 10.2 Å². The van der Waals surface area contributed by atoms with Gasteiger partial charge in [0.15, 0.2) is 0 Å². The zero-order valence-electron chi connectivity index (χ0n) is 7.25. The highest BCUT2D eigenvalue weighted by Gasteiger charge is 2.19. The minimum Gasteiger partial charge on any atom is -0.277 e. The van der Waals surface area contributed by atoms with Crippen molar-refractivity contribution in [1.82, 2.24) is 20.0 Å². The Labute approximate surface area is 71.3 Å². The number of rotatable bonds is 1. The first-order valence-electron chi connectivity index (χ1n) is 3.79. The van der Waals surface area contributed by atoms with Crippen molar-refractivity contribution in [2.45, 2.75) is 0 Å². The first kappa shape index (κ1) is 7.20. The van der Waals surface area contributed by atoms with Gasteiger partial charge in [0.2, 0.25) is 0 Å². The predicted molar refractivity (Wildman–Crippen MR) is 45.9 cm³/mol. The van der Waals surface area contributed by atoms with E-state index in [1.165, 1.54) is 0 Å². The summed E-state index contributed by atoms with van der Waals surface area (Å²) in [6.07, 6.45) is 3.59. The molecule has 0 saturated heterocycles. The molecule has 0 fully saturated rings. The van der Waals surface area contributed by atoms with Gasteiger partial charge in [-0.3, -0.25) is 10.0 Å². The van der Waals surface area contributed by atoms with E-state index < -0.39 is 0 Å². The van der Waals surface area contributed by atoms with Crippen molar-refractivity contribution >= 4 is 12.7 Å². The summed E-state index contributed by atoms with van der Waals surface area (Å²) in [6, 6.07) is 0. The van der Waals surface area contributed by atoms with Crippen LogP contribution in [0.1, 0.15) is 0 Å². The van der Waals surface area contributed by atoms with E-state index in [1.54, 1.807) is 12.7 Å². The Hall–Kier alpha value is -1.46. The molecule has 2 aliphatic heterocycles. The maximum absolute atomic E-state index is 4.10. The number of hydrazone groups is 2. The van der Waals surface area contributed by atoms with Crippen molar-refractivity contribution in [1.29, 1.82) is 0 Å². The monoisotopic (exact) mass is 168 g/mol. The zero-order valence-corrected chi connectivity index (χ0v) is 7.25. The second-order valence-corrected chi connectivity index (χ2v) is 2.94. The Morgan fingerprint density at radius 2 is 1.33 bits per heavy atom. The second kappa shape index (κ2) is 2.54. The third kappa shape index (κ3) is 1.15. The Morgan fingerprint density at radius 1 is 0.917 bits per heavy atom. The van der Waals surface area contributed by atoms with Crippen LogP contribution in [0.15, 0.2) is 10.2 Å². The van der Waals surface area contributed by atoms with Gasteiger partial charge in [-0.1, -0.05) is 0 Å². The SMILES string of the molecule is CN1CN(N2C=NN(C)C2)C=N1. The molecule has 66 valence electrons.